The molecule has 37 heavy (non-hydrogen) atoms. The molecule has 0 atom stereocenters. The Kier molecular flexibility index (Phi) is 5.34. The number of para-hydroxylation sites is 3. The molecule has 1 aliphatic rings. The lowest BCUT2D eigenvalue weighted by Crippen LogP contribution is -2.14. The van der Waals surface area contributed by atoms with E-state index in [1.807, 2.05) is 52.8 Å². The van der Waals surface area contributed by atoms with Crippen molar-refractivity contribution < 1.29 is 0 Å². The van der Waals surface area contributed by atoms with E-state index in [1.165, 1.54) is 21.2 Å². The van der Waals surface area contributed by atoms with Crippen LogP contribution in [0.4, 0.5) is 17.1 Å². The Hall–Kier alpha value is -4.61. The number of fused-ring (bicyclic) bond motifs is 2. The molecule has 5 heteroatoms. The number of aromatic nitrogens is 3. The first-order chi connectivity index (χ1) is 18.3. The van der Waals surface area contributed by atoms with Crippen molar-refractivity contribution in [2.45, 2.75) is 9.79 Å². The Bertz CT molecular complexity index is 1590. The van der Waals surface area contributed by atoms with Crippen molar-refractivity contribution in [1.29, 1.82) is 0 Å². The normalized spacial score (nSPS) is 12.2. The number of benzene rings is 5. The van der Waals surface area contributed by atoms with E-state index in [4.69, 9.17) is 10.1 Å². The van der Waals surface area contributed by atoms with Crippen LogP contribution in [-0.4, -0.2) is 14.8 Å². The standard InChI is InChI=1S/C32H22N4S/c1-3-11-24(12-4-1)32-33-31(34-36(32)26-13-5-2-6-14-26)23-19-21-25(22-20-23)35-27-15-7-9-17-29(27)37-30-18-10-8-16-28(30)35/h1-22H. The lowest BCUT2D eigenvalue weighted by molar-refractivity contribution is 0.890. The molecule has 176 valence electrons. The van der Waals surface area contributed by atoms with Gasteiger partial charge in [0, 0.05) is 26.6 Å². The maximum Gasteiger partial charge on any atom is 0.182 e. The largest absolute Gasteiger partial charge is 0.308 e. The van der Waals surface area contributed by atoms with Gasteiger partial charge in [-0.3, -0.25) is 0 Å². The fraction of sp³-hybridized carbons (Fsp3) is 0. The summed E-state index contributed by atoms with van der Waals surface area (Å²) in [5.41, 5.74) is 6.48. The van der Waals surface area contributed by atoms with Crippen LogP contribution in [0.25, 0.3) is 28.5 Å². The summed E-state index contributed by atoms with van der Waals surface area (Å²) in [7, 11) is 0. The van der Waals surface area contributed by atoms with E-state index in [-0.39, 0.29) is 0 Å². The van der Waals surface area contributed by atoms with Crippen LogP contribution in [0.15, 0.2) is 143 Å². The summed E-state index contributed by atoms with van der Waals surface area (Å²) in [6, 6.07) is 46.0. The van der Waals surface area contributed by atoms with Gasteiger partial charge < -0.3 is 4.90 Å². The van der Waals surface area contributed by atoms with Gasteiger partial charge in [0.1, 0.15) is 0 Å². The van der Waals surface area contributed by atoms with Crippen molar-refractivity contribution in [3.8, 4) is 28.5 Å². The molecule has 5 aromatic carbocycles. The first kappa shape index (κ1) is 21.7. The zero-order chi connectivity index (χ0) is 24.6. The van der Waals surface area contributed by atoms with Crippen LogP contribution >= 0.6 is 11.8 Å². The third-order valence-corrected chi connectivity index (χ3v) is 7.59. The molecule has 0 spiro atoms. The van der Waals surface area contributed by atoms with Crippen LogP contribution in [0.1, 0.15) is 0 Å². The summed E-state index contributed by atoms with van der Waals surface area (Å²) >= 11 is 1.82. The fourth-order valence-corrected chi connectivity index (χ4v) is 5.76. The molecule has 0 radical (unpaired) electrons. The van der Waals surface area contributed by atoms with Crippen LogP contribution < -0.4 is 4.90 Å². The van der Waals surface area contributed by atoms with Crippen LogP contribution in [0.3, 0.4) is 0 Å². The number of nitrogens with zero attached hydrogens (tertiary/aromatic N) is 4. The Morgan fingerprint density at radius 3 is 1.70 bits per heavy atom. The van der Waals surface area contributed by atoms with Gasteiger partial charge in [-0.1, -0.05) is 84.6 Å². The highest BCUT2D eigenvalue weighted by molar-refractivity contribution is 7.99. The summed E-state index contributed by atoms with van der Waals surface area (Å²) in [5.74, 6) is 1.52. The van der Waals surface area contributed by atoms with Crippen molar-refractivity contribution >= 4 is 28.8 Å². The molecular formula is C32H22N4S. The van der Waals surface area contributed by atoms with Crippen molar-refractivity contribution in [2.24, 2.45) is 0 Å². The first-order valence-electron chi connectivity index (χ1n) is 12.2. The Morgan fingerprint density at radius 2 is 1.05 bits per heavy atom. The van der Waals surface area contributed by atoms with Gasteiger partial charge >= 0.3 is 0 Å². The summed E-state index contributed by atoms with van der Waals surface area (Å²) in [5, 5.41) is 4.93. The third-order valence-electron chi connectivity index (χ3n) is 6.46. The molecule has 0 saturated carbocycles. The van der Waals surface area contributed by atoms with Crippen LogP contribution in [-0.2, 0) is 0 Å². The van der Waals surface area contributed by atoms with Gasteiger partial charge in [-0.2, -0.15) is 0 Å². The van der Waals surface area contributed by atoms with Crippen LogP contribution in [0.2, 0.25) is 0 Å². The smallest absolute Gasteiger partial charge is 0.182 e. The number of anilines is 3. The highest BCUT2D eigenvalue weighted by Crippen LogP contribution is 2.51. The van der Waals surface area contributed by atoms with E-state index in [2.05, 4.69) is 102 Å². The summed E-state index contributed by atoms with van der Waals surface area (Å²) in [6.45, 7) is 0. The molecule has 0 amide bonds. The highest BCUT2D eigenvalue weighted by atomic mass is 32.2. The van der Waals surface area contributed by atoms with Gasteiger partial charge in [0.05, 0.1) is 17.1 Å². The van der Waals surface area contributed by atoms with Gasteiger partial charge in [-0.25, -0.2) is 9.67 Å². The van der Waals surface area contributed by atoms with E-state index in [0.29, 0.717) is 5.82 Å². The number of rotatable bonds is 4. The monoisotopic (exact) mass is 494 g/mol. The molecule has 0 fully saturated rings. The van der Waals surface area contributed by atoms with E-state index < -0.39 is 0 Å². The number of hydrogen-bond acceptors (Lipinski definition) is 4. The average molecular weight is 495 g/mol. The maximum absolute atomic E-state index is 4.98. The topological polar surface area (TPSA) is 34.0 Å². The highest BCUT2D eigenvalue weighted by Gasteiger charge is 2.24. The number of hydrogen-bond donors (Lipinski definition) is 0. The lowest BCUT2D eigenvalue weighted by atomic mass is 10.1. The van der Waals surface area contributed by atoms with Crippen LogP contribution in [0.5, 0.6) is 0 Å². The van der Waals surface area contributed by atoms with Gasteiger partial charge in [-0.15, -0.1) is 5.10 Å². The maximum atomic E-state index is 4.98. The summed E-state index contributed by atoms with van der Waals surface area (Å²) < 4.78 is 1.92. The van der Waals surface area contributed by atoms with Crippen molar-refractivity contribution in [3.05, 3.63) is 133 Å². The summed E-state index contributed by atoms with van der Waals surface area (Å²) in [4.78, 5) is 9.81. The molecule has 1 aliphatic heterocycles. The molecule has 0 N–H and O–H groups in total. The van der Waals surface area contributed by atoms with Crippen molar-refractivity contribution in [2.75, 3.05) is 4.90 Å². The first-order valence-corrected chi connectivity index (χ1v) is 13.0. The molecule has 4 nitrogen and oxygen atoms in total. The molecule has 7 rings (SSSR count). The van der Waals surface area contributed by atoms with Gasteiger partial charge in [0.15, 0.2) is 11.6 Å². The Balaban J connectivity index is 1.31. The van der Waals surface area contributed by atoms with Gasteiger partial charge in [0.2, 0.25) is 0 Å². The van der Waals surface area contributed by atoms with E-state index in [0.717, 1.165) is 28.3 Å². The van der Waals surface area contributed by atoms with Gasteiger partial charge in [-0.05, 0) is 60.7 Å². The molecule has 6 aromatic rings. The van der Waals surface area contributed by atoms with E-state index >= 15 is 0 Å². The second kappa shape index (κ2) is 9.12. The lowest BCUT2D eigenvalue weighted by Gasteiger charge is -2.32. The zero-order valence-electron chi connectivity index (χ0n) is 19.9. The predicted molar refractivity (Wildman–Crippen MR) is 151 cm³/mol. The second-order valence-corrected chi connectivity index (χ2v) is 9.88. The molecule has 0 unspecified atom stereocenters. The quantitative estimate of drug-likeness (QED) is 0.245. The average Bonchev–Trinajstić information content (AvgIpc) is 3.43. The van der Waals surface area contributed by atoms with Crippen molar-refractivity contribution in [3.63, 3.8) is 0 Å². The van der Waals surface area contributed by atoms with E-state index in [1.54, 1.807) is 0 Å². The Labute approximate surface area is 219 Å². The minimum atomic E-state index is 0.698. The Morgan fingerprint density at radius 1 is 0.486 bits per heavy atom. The van der Waals surface area contributed by atoms with Gasteiger partial charge in [0.25, 0.3) is 0 Å². The molecule has 0 bridgehead atoms. The van der Waals surface area contributed by atoms with Crippen LogP contribution in [0, 0.1) is 0 Å². The molecule has 2 heterocycles. The SMILES string of the molecule is c1ccc(-c2nc(-c3ccc(N4c5ccccc5Sc5ccccc54)cc3)nn2-c2ccccc2)cc1. The fourth-order valence-electron chi connectivity index (χ4n) is 4.70. The third kappa shape index (κ3) is 3.90. The molecule has 0 aliphatic carbocycles. The zero-order valence-corrected chi connectivity index (χ0v) is 20.7. The predicted octanol–water partition coefficient (Wildman–Crippen LogP) is 8.54. The molecule has 0 saturated heterocycles. The second-order valence-electron chi connectivity index (χ2n) is 8.79. The minimum Gasteiger partial charge on any atom is -0.308 e. The minimum absolute atomic E-state index is 0.698. The summed E-state index contributed by atoms with van der Waals surface area (Å²) in [6.07, 6.45) is 0. The molecule has 1 aromatic heterocycles. The van der Waals surface area contributed by atoms with E-state index in [9.17, 15) is 0 Å². The van der Waals surface area contributed by atoms with Crippen molar-refractivity contribution in [1.82, 2.24) is 14.8 Å². The molecular weight excluding hydrogens is 472 g/mol.